The van der Waals surface area contributed by atoms with Crippen molar-refractivity contribution < 1.29 is 4.79 Å². The van der Waals surface area contributed by atoms with Gasteiger partial charge in [-0.1, -0.05) is 36.2 Å². The second-order valence-corrected chi connectivity index (χ2v) is 7.96. The van der Waals surface area contributed by atoms with Crippen molar-refractivity contribution in [3.05, 3.63) is 63.5 Å². The Bertz CT molecular complexity index is 1040. The molecule has 0 radical (unpaired) electrons. The molecule has 1 aromatic carbocycles. The number of allylic oxidation sites excluding steroid dienone is 3. The molecule has 4 rings (SSSR count). The molecule has 0 unspecified atom stereocenters. The summed E-state index contributed by atoms with van der Waals surface area (Å²) in [6, 6.07) is 7.79. The van der Waals surface area contributed by atoms with Crippen molar-refractivity contribution in [3.8, 4) is 11.1 Å². The van der Waals surface area contributed by atoms with E-state index < -0.39 is 0 Å². The largest absolute Gasteiger partial charge is 0.285 e. The molecular formula is C23H24ClN3O. The average molecular weight is 394 g/mol. The summed E-state index contributed by atoms with van der Waals surface area (Å²) in [4.78, 5) is 17.3. The Balaban J connectivity index is 1.64. The van der Waals surface area contributed by atoms with Gasteiger partial charge in [0, 0.05) is 28.8 Å². The highest BCUT2D eigenvalue weighted by Crippen LogP contribution is 2.34. The summed E-state index contributed by atoms with van der Waals surface area (Å²) in [6.45, 7) is 7.11. The quantitative estimate of drug-likeness (QED) is 0.677. The Hall–Kier alpha value is -2.46. The van der Waals surface area contributed by atoms with Gasteiger partial charge in [0.1, 0.15) is 0 Å². The minimum absolute atomic E-state index is 0.0475. The van der Waals surface area contributed by atoms with E-state index in [1.807, 2.05) is 24.3 Å². The number of hydrogen-bond acceptors (Lipinski definition) is 3. The molecule has 0 fully saturated rings. The van der Waals surface area contributed by atoms with Crippen LogP contribution in [-0.2, 0) is 12.8 Å². The molecule has 2 aliphatic rings. The van der Waals surface area contributed by atoms with Crippen LogP contribution in [0.15, 0.2) is 52.1 Å². The number of aliphatic imine (C=N–C) groups is 1. The molecule has 4 nitrogen and oxygen atoms in total. The van der Waals surface area contributed by atoms with Gasteiger partial charge in [-0.2, -0.15) is 5.10 Å². The molecule has 1 aromatic heterocycles. The molecule has 0 aliphatic carbocycles. The molecule has 2 aromatic rings. The van der Waals surface area contributed by atoms with E-state index in [4.69, 9.17) is 11.6 Å². The number of aromatic nitrogens is 2. The van der Waals surface area contributed by atoms with Gasteiger partial charge in [0.2, 0.25) is 0 Å². The lowest BCUT2D eigenvalue weighted by Gasteiger charge is -2.16. The standard InChI is InChI=1S/C23H24ClN3O/c1-4-20-23(17-6-8-18(24)9-7-17)21-11-16(12-22(28)27(21)26-20)5-10-19-14(2)13-25-15(19)3/h6-9,12H,4-5,10-11,13H2,1-3H3. The summed E-state index contributed by atoms with van der Waals surface area (Å²) in [7, 11) is 0. The summed E-state index contributed by atoms with van der Waals surface area (Å²) in [5, 5.41) is 5.31. The molecule has 0 saturated heterocycles. The third-order valence-corrected chi connectivity index (χ3v) is 5.91. The lowest BCUT2D eigenvalue weighted by atomic mass is 9.92. The highest BCUT2D eigenvalue weighted by atomic mass is 35.5. The normalized spacial score (nSPS) is 16.4. The van der Waals surface area contributed by atoms with Gasteiger partial charge < -0.3 is 0 Å². The SMILES string of the molecule is CCc1nn2c(c1-c1ccc(Cl)cc1)CC(CCC1=C(C)CN=C1C)=CC2=O. The van der Waals surface area contributed by atoms with Crippen LogP contribution in [0.25, 0.3) is 11.1 Å². The first-order valence-electron chi connectivity index (χ1n) is 9.78. The molecule has 5 heteroatoms. The molecule has 3 heterocycles. The first-order valence-corrected chi connectivity index (χ1v) is 10.2. The Kier molecular flexibility index (Phi) is 5.07. The maximum atomic E-state index is 12.8. The summed E-state index contributed by atoms with van der Waals surface area (Å²) >= 11 is 6.07. The Morgan fingerprint density at radius 2 is 1.89 bits per heavy atom. The fraction of sp³-hybridized carbons (Fsp3) is 0.348. The maximum Gasteiger partial charge on any atom is 0.271 e. The molecule has 2 aliphatic heterocycles. The van der Waals surface area contributed by atoms with Gasteiger partial charge in [-0.3, -0.25) is 9.79 Å². The van der Waals surface area contributed by atoms with Crippen LogP contribution in [0.5, 0.6) is 0 Å². The molecule has 0 bridgehead atoms. The highest BCUT2D eigenvalue weighted by Gasteiger charge is 2.26. The van der Waals surface area contributed by atoms with E-state index in [2.05, 4.69) is 30.9 Å². The van der Waals surface area contributed by atoms with E-state index in [1.54, 1.807) is 10.8 Å². The van der Waals surface area contributed by atoms with Gasteiger partial charge >= 0.3 is 0 Å². The van der Waals surface area contributed by atoms with Crippen LogP contribution < -0.4 is 0 Å². The first-order chi connectivity index (χ1) is 13.5. The monoisotopic (exact) mass is 393 g/mol. The topological polar surface area (TPSA) is 47.2 Å². The van der Waals surface area contributed by atoms with Crippen molar-refractivity contribution in [1.29, 1.82) is 0 Å². The second kappa shape index (κ2) is 7.51. The van der Waals surface area contributed by atoms with E-state index in [0.29, 0.717) is 5.02 Å². The number of nitrogens with zero attached hydrogens (tertiary/aromatic N) is 3. The van der Waals surface area contributed by atoms with Crippen LogP contribution >= 0.6 is 11.6 Å². The van der Waals surface area contributed by atoms with Crippen LogP contribution in [0.4, 0.5) is 0 Å². The van der Waals surface area contributed by atoms with Gasteiger partial charge in [-0.15, -0.1) is 0 Å². The van der Waals surface area contributed by atoms with Gasteiger partial charge in [-0.05, 0) is 62.0 Å². The fourth-order valence-corrected chi connectivity index (χ4v) is 4.25. The molecule has 0 spiro atoms. The number of hydrogen-bond donors (Lipinski definition) is 0. The molecule has 0 amide bonds. The van der Waals surface area contributed by atoms with Crippen molar-refractivity contribution >= 4 is 23.2 Å². The number of fused-ring (bicyclic) bond motifs is 1. The van der Waals surface area contributed by atoms with Gasteiger partial charge in [0.15, 0.2) is 0 Å². The molecule has 0 atom stereocenters. The smallest absolute Gasteiger partial charge is 0.271 e. The Labute approximate surface area is 170 Å². The number of carbonyl (C=O) groups is 1. The predicted molar refractivity (Wildman–Crippen MR) is 114 cm³/mol. The lowest BCUT2D eigenvalue weighted by molar-refractivity contribution is 0.0945. The number of carbonyl (C=O) groups excluding carboxylic acids is 1. The van der Waals surface area contributed by atoms with E-state index in [0.717, 1.165) is 66.0 Å². The van der Waals surface area contributed by atoms with Crippen LogP contribution in [0.3, 0.4) is 0 Å². The van der Waals surface area contributed by atoms with Crippen LogP contribution in [0, 0.1) is 0 Å². The van der Waals surface area contributed by atoms with Gasteiger partial charge in [0.05, 0.1) is 17.9 Å². The fourth-order valence-electron chi connectivity index (χ4n) is 4.13. The third kappa shape index (κ3) is 3.37. The predicted octanol–water partition coefficient (Wildman–Crippen LogP) is 5.46. The number of benzene rings is 1. The number of aryl methyl sites for hydroxylation is 1. The number of halogens is 1. The minimum Gasteiger partial charge on any atom is -0.285 e. The van der Waals surface area contributed by atoms with Crippen molar-refractivity contribution in [3.63, 3.8) is 0 Å². The molecule has 28 heavy (non-hydrogen) atoms. The zero-order valence-corrected chi connectivity index (χ0v) is 17.3. The van der Waals surface area contributed by atoms with Crippen LogP contribution in [0.1, 0.15) is 49.8 Å². The van der Waals surface area contributed by atoms with E-state index >= 15 is 0 Å². The summed E-state index contributed by atoms with van der Waals surface area (Å²) < 4.78 is 1.58. The Morgan fingerprint density at radius 3 is 2.54 bits per heavy atom. The highest BCUT2D eigenvalue weighted by molar-refractivity contribution is 6.30. The van der Waals surface area contributed by atoms with E-state index in [-0.39, 0.29) is 5.91 Å². The first kappa shape index (κ1) is 18.9. The van der Waals surface area contributed by atoms with Gasteiger partial charge in [0.25, 0.3) is 5.91 Å². The molecule has 144 valence electrons. The maximum absolute atomic E-state index is 12.8. The average Bonchev–Trinajstić information content (AvgIpc) is 3.21. The third-order valence-electron chi connectivity index (χ3n) is 5.65. The number of rotatable bonds is 5. The molecule has 0 N–H and O–H groups in total. The summed E-state index contributed by atoms with van der Waals surface area (Å²) in [5.41, 5.74) is 9.08. The van der Waals surface area contributed by atoms with Gasteiger partial charge in [-0.25, -0.2) is 4.68 Å². The second-order valence-electron chi connectivity index (χ2n) is 7.52. The summed E-state index contributed by atoms with van der Waals surface area (Å²) in [6.07, 6.45) is 5.10. The molecule has 0 saturated carbocycles. The summed E-state index contributed by atoms with van der Waals surface area (Å²) in [5.74, 6) is -0.0475. The minimum atomic E-state index is -0.0475. The van der Waals surface area contributed by atoms with E-state index in [9.17, 15) is 4.79 Å². The Morgan fingerprint density at radius 1 is 1.14 bits per heavy atom. The van der Waals surface area contributed by atoms with Crippen molar-refractivity contribution in [1.82, 2.24) is 9.78 Å². The van der Waals surface area contributed by atoms with Crippen LogP contribution in [-0.4, -0.2) is 27.9 Å². The zero-order valence-electron chi connectivity index (χ0n) is 16.6. The van der Waals surface area contributed by atoms with Crippen molar-refractivity contribution in [2.45, 2.75) is 46.5 Å². The lowest BCUT2D eigenvalue weighted by Crippen LogP contribution is -2.19. The molecular weight excluding hydrogens is 370 g/mol. The van der Waals surface area contributed by atoms with E-state index in [1.165, 1.54) is 11.1 Å². The zero-order chi connectivity index (χ0) is 19.8. The van der Waals surface area contributed by atoms with Crippen molar-refractivity contribution in [2.24, 2.45) is 4.99 Å². The van der Waals surface area contributed by atoms with Crippen molar-refractivity contribution in [2.75, 3.05) is 6.54 Å². The van der Waals surface area contributed by atoms with Crippen LogP contribution in [0.2, 0.25) is 5.02 Å².